The van der Waals surface area contributed by atoms with Gasteiger partial charge in [0.25, 0.3) is 5.91 Å². The number of hydrogen-bond donors (Lipinski definition) is 1. The van der Waals surface area contributed by atoms with Gasteiger partial charge in [-0.15, -0.1) is 11.3 Å². The summed E-state index contributed by atoms with van der Waals surface area (Å²) in [5.41, 5.74) is 2.46. The number of carbonyl (C=O) groups is 1. The Kier molecular flexibility index (Phi) is 2.94. The van der Waals surface area contributed by atoms with Crippen LogP contribution in [0.3, 0.4) is 0 Å². The first-order valence-electron chi connectivity index (χ1n) is 4.06. The van der Waals surface area contributed by atoms with Crippen molar-refractivity contribution in [3.63, 3.8) is 0 Å². The Morgan fingerprint density at radius 2 is 2.40 bits per heavy atom. The van der Waals surface area contributed by atoms with Crippen LogP contribution in [-0.4, -0.2) is 15.9 Å². The highest BCUT2D eigenvalue weighted by atomic mass is 35.5. The fraction of sp³-hybridized carbons (Fsp3) is 0. The number of nitrogens with zero attached hydrogens (tertiary/aromatic N) is 2. The highest BCUT2D eigenvalue weighted by molar-refractivity contribution is 7.07. The van der Waals surface area contributed by atoms with Crippen LogP contribution in [0.15, 0.2) is 29.4 Å². The average Bonchev–Trinajstić information content (AvgIpc) is 2.74. The summed E-state index contributed by atoms with van der Waals surface area (Å²) >= 11 is 7.22. The van der Waals surface area contributed by atoms with Gasteiger partial charge in [0.2, 0.25) is 0 Å². The lowest BCUT2D eigenvalue weighted by molar-refractivity contribution is 0.102. The number of aromatic nitrogens is 2. The molecule has 1 amide bonds. The van der Waals surface area contributed by atoms with Crippen molar-refractivity contribution in [2.24, 2.45) is 0 Å². The molecule has 4 nitrogen and oxygen atoms in total. The molecule has 0 aliphatic heterocycles. The van der Waals surface area contributed by atoms with Crippen molar-refractivity contribution in [3.05, 3.63) is 40.1 Å². The molecule has 0 atom stereocenters. The Morgan fingerprint density at radius 3 is 3.07 bits per heavy atom. The van der Waals surface area contributed by atoms with Crippen LogP contribution in [0.2, 0.25) is 5.02 Å². The van der Waals surface area contributed by atoms with Gasteiger partial charge in [-0.1, -0.05) is 11.6 Å². The van der Waals surface area contributed by atoms with E-state index in [9.17, 15) is 4.79 Å². The smallest absolute Gasteiger partial charge is 0.275 e. The zero-order valence-corrected chi connectivity index (χ0v) is 9.05. The summed E-state index contributed by atoms with van der Waals surface area (Å²) < 4.78 is 0. The van der Waals surface area contributed by atoms with Gasteiger partial charge >= 0.3 is 0 Å². The van der Waals surface area contributed by atoms with Gasteiger partial charge in [0, 0.05) is 11.6 Å². The van der Waals surface area contributed by atoms with Gasteiger partial charge in [0.1, 0.15) is 5.69 Å². The third kappa shape index (κ3) is 2.31. The number of carbonyl (C=O) groups excluding carboxylic acids is 1. The maximum absolute atomic E-state index is 11.6. The Balaban J connectivity index is 2.17. The second-order valence-electron chi connectivity index (χ2n) is 2.68. The Labute approximate surface area is 94.9 Å². The second kappa shape index (κ2) is 4.37. The molecule has 0 aliphatic carbocycles. The Bertz CT molecular complexity index is 472. The molecule has 2 heterocycles. The van der Waals surface area contributed by atoms with Gasteiger partial charge < -0.3 is 5.32 Å². The summed E-state index contributed by atoms with van der Waals surface area (Å²) in [5, 5.41) is 4.74. The van der Waals surface area contributed by atoms with Crippen LogP contribution in [0.1, 0.15) is 10.5 Å². The highest BCUT2D eigenvalue weighted by Crippen LogP contribution is 2.19. The largest absolute Gasteiger partial charge is 0.318 e. The van der Waals surface area contributed by atoms with Crippen molar-refractivity contribution in [3.8, 4) is 0 Å². The summed E-state index contributed by atoms with van der Waals surface area (Å²) in [6.45, 7) is 0. The normalized spacial score (nSPS) is 9.93. The lowest BCUT2D eigenvalue weighted by Gasteiger charge is -2.03. The molecular weight excluding hydrogens is 234 g/mol. The number of thiazole rings is 1. The van der Waals surface area contributed by atoms with Crippen LogP contribution in [0.5, 0.6) is 0 Å². The third-order valence-electron chi connectivity index (χ3n) is 1.68. The lowest BCUT2D eigenvalue weighted by atomic mass is 10.4. The van der Waals surface area contributed by atoms with Crippen LogP contribution in [-0.2, 0) is 0 Å². The molecule has 1 N–H and O–H groups in total. The number of amides is 1. The van der Waals surface area contributed by atoms with Crippen LogP contribution in [0.25, 0.3) is 0 Å². The van der Waals surface area contributed by atoms with Gasteiger partial charge in [0.05, 0.1) is 22.4 Å². The topological polar surface area (TPSA) is 54.9 Å². The van der Waals surface area contributed by atoms with E-state index in [4.69, 9.17) is 11.6 Å². The molecule has 0 radical (unpaired) electrons. The second-order valence-corrected chi connectivity index (χ2v) is 3.81. The number of pyridine rings is 1. The minimum Gasteiger partial charge on any atom is -0.318 e. The predicted octanol–water partition coefficient (Wildman–Crippen LogP) is 2.44. The SMILES string of the molecule is O=C(Nc1cnccc1Cl)c1cscn1. The molecule has 0 fully saturated rings. The molecule has 0 spiro atoms. The van der Waals surface area contributed by atoms with Crippen LogP contribution >= 0.6 is 22.9 Å². The molecule has 2 aromatic rings. The van der Waals surface area contributed by atoms with Gasteiger partial charge in [-0.2, -0.15) is 0 Å². The molecular formula is C9H6ClN3OS. The maximum atomic E-state index is 11.6. The quantitative estimate of drug-likeness (QED) is 0.876. The molecule has 0 aliphatic rings. The van der Waals surface area contributed by atoms with Crippen molar-refractivity contribution >= 4 is 34.5 Å². The van der Waals surface area contributed by atoms with Gasteiger partial charge in [-0.3, -0.25) is 9.78 Å². The Morgan fingerprint density at radius 1 is 1.53 bits per heavy atom. The van der Waals surface area contributed by atoms with Crippen LogP contribution in [0.4, 0.5) is 5.69 Å². The van der Waals surface area contributed by atoms with Crippen molar-refractivity contribution < 1.29 is 4.79 Å². The predicted molar refractivity (Wildman–Crippen MR) is 59.3 cm³/mol. The standard InChI is InChI=1S/C9H6ClN3OS/c10-6-1-2-11-3-7(6)13-9(14)8-4-15-5-12-8/h1-5H,(H,13,14). The fourth-order valence-corrected chi connectivity index (χ4v) is 1.66. The number of nitrogens with one attached hydrogen (secondary N) is 1. The van der Waals surface area contributed by atoms with Crippen molar-refractivity contribution in [1.82, 2.24) is 9.97 Å². The molecule has 0 saturated carbocycles. The third-order valence-corrected chi connectivity index (χ3v) is 2.60. The first-order chi connectivity index (χ1) is 7.27. The lowest BCUT2D eigenvalue weighted by Crippen LogP contribution is -2.12. The molecule has 6 heteroatoms. The number of halogens is 1. The minimum absolute atomic E-state index is 0.286. The van der Waals surface area contributed by atoms with E-state index in [1.54, 1.807) is 23.2 Å². The first kappa shape index (κ1) is 10.1. The minimum atomic E-state index is -0.286. The van der Waals surface area contributed by atoms with Gasteiger partial charge in [-0.25, -0.2) is 4.98 Å². The molecule has 76 valence electrons. The maximum Gasteiger partial charge on any atom is 0.275 e. The first-order valence-corrected chi connectivity index (χ1v) is 5.38. The molecule has 2 aromatic heterocycles. The van der Waals surface area contributed by atoms with E-state index in [1.165, 1.54) is 17.5 Å². The summed E-state index contributed by atoms with van der Waals surface area (Å²) in [7, 11) is 0. The zero-order chi connectivity index (χ0) is 10.7. The monoisotopic (exact) mass is 239 g/mol. The number of anilines is 1. The van der Waals surface area contributed by atoms with Gasteiger partial charge in [-0.05, 0) is 6.07 Å². The summed E-state index contributed by atoms with van der Waals surface area (Å²) in [5.74, 6) is -0.286. The summed E-state index contributed by atoms with van der Waals surface area (Å²) in [6.07, 6.45) is 3.05. The van der Waals surface area contributed by atoms with Gasteiger partial charge in [0.15, 0.2) is 0 Å². The number of rotatable bonds is 2. The van der Waals surface area contributed by atoms with E-state index >= 15 is 0 Å². The Hall–Kier alpha value is -1.46. The van der Waals surface area contributed by atoms with E-state index in [1.807, 2.05) is 0 Å². The zero-order valence-electron chi connectivity index (χ0n) is 7.48. The van der Waals surface area contributed by atoms with E-state index < -0.39 is 0 Å². The summed E-state index contributed by atoms with van der Waals surface area (Å²) in [6, 6.07) is 1.61. The highest BCUT2D eigenvalue weighted by Gasteiger charge is 2.09. The molecule has 0 bridgehead atoms. The van der Waals surface area contributed by atoms with Crippen LogP contribution < -0.4 is 5.32 Å². The van der Waals surface area contributed by atoms with E-state index in [2.05, 4.69) is 15.3 Å². The van der Waals surface area contributed by atoms with E-state index in [-0.39, 0.29) is 5.91 Å². The molecule has 0 saturated heterocycles. The van der Waals surface area contributed by atoms with E-state index in [0.29, 0.717) is 16.4 Å². The van der Waals surface area contributed by atoms with Crippen molar-refractivity contribution in [2.75, 3.05) is 5.32 Å². The van der Waals surface area contributed by atoms with Crippen molar-refractivity contribution in [1.29, 1.82) is 0 Å². The van der Waals surface area contributed by atoms with E-state index in [0.717, 1.165) is 0 Å². The number of hydrogen-bond acceptors (Lipinski definition) is 4. The van der Waals surface area contributed by atoms with Crippen molar-refractivity contribution in [2.45, 2.75) is 0 Å². The molecule has 2 rings (SSSR count). The fourth-order valence-electron chi connectivity index (χ4n) is 0.980. The van der Waals surface area contributed by atoms with Crippen LogP contribution in [0, 0.1) is 0 Å². The summed E-state index contributed by atoms with van der Waals surface area (Å²) in [4.78, 5) is 19.3. The molecule has 0 unspecified atom stereocenters. The molecule has 15 heavy (non-hydrogen) atoms. The molecule has 0 aromatic carbocycles. The average molecular weight is 240 g/mol.